The highest BCUT2D eigenvalue weighted by Crippen LogP contribution is 2.26. The summed E-state index contributed by atoms with van der Waals surface area (Å²) in [6, 6.07) is 11.1. The number of hydrogen-bond acceptors (Lipinski definition) is 4. The van der Waals surface area contributed by atoms with Gasteiger partial charge in [0.25, 0.3) is 10.0 Å². The molecule has 1 amide bonds. The number of aromatic amines is 2. The summed E-state index contributed by atoms with van der Waals surface area (Å²) in [4.78, 5) is 30.0. The molecule has 2 aromatic carbocycles. The Morgan fingerprint density at radius 2 is 1.81 bits per heavy atom. The number of anilines is 2. The molecule has 8 nitrogen and oxygen atoms in total. The van der Waals surface area contributed by atoms with E-state index in [1.807, 2.05) is 0 Å². The summed E-state index contributed by atoms with van der Waals surface area (Å²) in [5, 5.41) is 0. The van der Waals surface area contributed by atoms with Crippen molar-refractivity contribution in [1.29, 1.82) is 0 Å². The second-order valence-corrected chi connectivity index (χ2v) is 7.77. The van der Waals surface area contributed by atoms with E-state index in [1.165, 1.54) is 18.2 Å². The normalized spacial score (nSPS) is 14.9. The lowest BCUT2D eigenvalue weighted by atomic mass is 10.2. The van der Waals surface area contributed by atoms with Gasteiger partial charge in [0.15, 0.2) is 0 Å². The molecular weight excluding hydrogens is 356 g/mol. The highest BCUT2D eigenvalue weighted by atomic mass is 32.2. The van der Waals surface area contributed by atoms with E-state index in [0.29, 0.717) is 35.4 Å². The van der Waals surface area contributed by atoms with Crippen LogP contribution in [-0.2, 0) is 14.8 Å². The molecule has 0 radical (unpaired) electrons. The number of sulfonamides is 1. The number of H-pyrrole nitrogens is 2. The molecule has 0 saturated carbocycles. The summed E-state index contributed by atoms with van der Waals surface area (Å²) >= 11 is 0. The Morgan fingerprint density at radius 3 is 2.58 bits per heavy atom. The zero-order valence-electron chi connectivity index (χ0n) is 13.7. The number of rotatable bonds is 4. The van der Waals surface area contributed by atoms with Gasteiger partial charge in [0, 0.05) is 18.7 Å². The predicted octanol–water partition coefficient (Wildman–Crippen LogP) is 1.78. The topological polar surface area (TPSA) is 115 Å². The Morgan fingerprint density at radius 1 is 1.00 bits per heavy atom. The van der Waals surface area contributed by atoms with Crippen LogP contribution in [0.1, 0.15) is 12.8 Å². The van der Waals surface area contributed by atoms with Crippen molar-refractivity contribution in [2.24, 2.45) is 0 Å². The Hall–Kier alpha value is -3.07. The first-order valence-corrected chi connectivity index (χ1v) is 9.56. The standard InChI is InChI=1S/C17H16N4O4S/c22-16-5-2-8-21(16)12-4-1-3-11(9-12)20-26(24,25)13-6-7-14-15(10-13)19-17(23)18-14/h1,3-4,6-7,9-10,20H,2,5,8H2,(H2,18,19,23). The average molecular weight is 372 g/mol. The molecule has 2 heterocycles. The largest absolute Gasteiger partial charge is 0.323 e. The molecule has 134 valence electrons. The van der Waals surface area contributed by atoms with Crippen LogP contribution in [-0.4, -0.2) is 30.8 Å². The summed E-state index contributed by atoms with van der Waals surface area (Å²) in [6.45, 7) is 0.632. The minimum absolute atomic E-state index is 0.0305. The first-order chi connectivity index (χ1) is 12.4. The van der Waals surface area contributed by atoms with Gasteiger partial charge >= 0.3 is 5.69 Å². The molecule has 3 aromatic rings. The maximum absolute atomic E-state index is 12.7. The van der Waals surface area contributed by atoms with Gasteiger partial charge in [0.05, 0.1) is 21.6 Å². The van der Waals surface area contributed by atoms with Crippen LogP contribution in [0, 0.1) is 0 Å². The molecule has 26 heavy (non-hydrogen) atoms. The van der Waals surface area contributed by atoms with Crippen LogP contribution < -0.4 is 15.3 Å². The molecule has 1 fully saturated rings. The van der Waals surface area contributed by atoms with E-state index in [1.54, 1.807) is 29.2 Å². The van der Waals surface area contributed by atoms with Gasteiger partial charge in [-0.2, -0.15) is 0 Å². The Bertz CT molecular complexity index is 1160. The number of amides is 1. The molecule has 4 rings (SSSR count). The molecule has 9 heteroatoms. The van der Waals surface area contributed by atoms with Gasteiger partial charge in [0.2, 0.25) is 5.91 Å². The van der Waals surface area contributed by atoms with Crippen molar-refractivity contribution >= 4 is 38.3 Å². The van der Waals surface area contributed by atoms with Crippen molar-refractivity contribution in [2.45, 2.75) is 17.7 Å². The number of carbonyl (C=O) groups is 1. The molecule has 1 aliphatic heterocycles. The van der Waals surface area contributed by atoms with Crippen molar-refractivity contribution in [3.8, 4) is 0 Å². The first-order valence-electron chi connectivity index (χ1n) is 8.08. The predicted molar refractivity (Wildman–Crippen MR) is 97.8 cm³/mol. The molecule has 1 aliphatic rings. The van der Waals surface area contributed by atoms with Crippen LogP contribution in [0.3, 0.4) is 0 Å². The summed E-state index contributed by atoms with van der Waals surface area (Å²) < 4.78 is 27.8. The number of hydrogen-bond donors (Lipinski definition) is 3. The van der Waals surface area contributed by atoms with Crippen LogP contribution in [0.15, 0.2) is 52.2 Å². The fourth-order valence-electron chi connectivity index (χ4n) is 3.05. The SMILES string of the molecule is O=C1CCCN1c1cccc(NS(=O)(=O)c2ccc3[nH]c(=O)[nH]c3c2)c1. The number of carbonyl (C=O) groups excluding carboxylic acids is 1. The van der Waals surface area contributed by atoms with E-state index in [9.17, 15) is 18.0 Å². The maximum Gasteiger partial charge on any atom is 0.323 e. The van der Waals surface area contributed by atoms with Crippen molar-refractivity contribution < 1.29 is 13.2 Å². The lowest BCUT2D eigenvalue weighted by Crippen LogP contribution is -2.23. The number of nitrogens with zero attached hydrogens (tertiary/aromatic N) is 1. The second-order valence-electron chi connectivity index (χ2n) is 6.09. The van der Waals surface area contributed by atoms with Crippen LogP contribution in [0.5, 0.6) is 0 Å². The van der Waals surface area contributed by atoms with Crippen LogP contribution in [0.2, 0.25) is 0 Å². The van der Waals surface area contributed by atoms with Gasteiger partial charge in [-0.3, -0.25) is 9.52 Å². The highest BCUT2D eigenvalue weighted by molar-refractivity contribution is 7.92. The summed E-state index contributed by atoms with van der Waals surface area (Å²) in [5.74, 6) is 0.0341. The molecule has 0 aliphatic carbocycles. The first kappa shape index (κ1) is 16.4. The van der Waals surface area contributed by atoms with E-state index in [-0.39, 0.29) is 10.8 Å². The van der Waals surface area contributed by atoms with E-state index in [0.717, 1.165) is 6.42 Å². The van der Waals surface area contributed by atoms with Crippen molar-refractivity contribution in [1.82, 2.24) is 9.97 Å². The van der Waals surface area contributed by atoms with Crippen molar-refractivity contribution in [3.05, 3.63) is 52.9 Å². The van der Waals surface area contributed by atoms with Crippen LogP contribution >= 0.6 is 0 Å². The molecule has 1 aromatic heterocycles. The zero-order valence-corrected chi connectivity index (χ0v) is 14.5. The number of nitrogens with one attached hydrogen (secondary N) is 3. The fourth-order valence-corrected chi connectivity index (χ4v) is 4.13. The number of fused-ring (bicyclic) bond motifs is 1. The summed E-state index contributed by atoms with van der Waals surface area (Å²) in [5.41, 5.74) is 1.58. The molecule has 0 spiro atoms. The molecule has 0 unspecified atom stereocenters. The van der Waals surface area contributed by atoms with Gasteiger partial charge in [-0.1, -0.05) is 6.07 Å². The number of benzene rings is 2. The second kappa shape index (κ2) is 6.03. The van der Waals surface area contributed by atoms with Gasteiger partial charge in [-0.15, -0.1) is 0 Å². The number of imidazole rings is 1. The molecular formula is C17H16N4O4S. The minimum atomic E-state index is -3.84. The lowest BCUT2D eigenvalue weighted by molar-refractivity contribution is -0.117. The average Bonchev–Trinajstić information content (AvgIpc) is 3.18. The van der Waals surface area contributed by atoms with Crippen molar-refractivity contribution in [2.75, 3.05) is 16.2 Å². The summed E-state index contributed by atoms with van der Waals surface area (Å²) in [6.07, 6.45) is 1.30. The van der Waals surface area contributed by atoms with E-state index in [2.05, 4.69) is 14.7 Å². The molecule has 3 N–H and O–H groups in total. The highest BCUT2D eigenvalue weighted by Gasteiger charge is 2.22. The molecule has 0 atom stereocenters. The van der Waals surface area contributed by atoms with Gasteiger partial charge in [-0.05, 0) is 42.8 Å². The zero-order chi connectivity index (χ0) is 18.3. The van der Waals surface area contributed by atoms with Gasteiger partial charge < -0.3 is 14.9 Å². The Balaban J connectivity index is 1.64. The Labute approximate surface area is 148 Å². The van der Waals surface area contributed by atoms with Crippen molar-refractivity contribution in [3.63, 3.8) is 0 Å². The van der Waals surface area contributed by atoms with Gasteiger partial charge in [0.1, 0.15) is 0 Å². The van der Waals surface area contributed by atoms with Gasteiger partial charge in [-0.25, -0.2) is 13.2 Å². The minimum Gasteiger partial charge on any atom is -0.312 e. The Kier molecular flexibility index (Phi) is 3.80. The lowest BCUT2D eigenvalue weighted by Gasteiger charge is -2.17. The number of aromatic nitrogens is 2. The van der Waals surface area contributed by atoms with Crippen LogP contribution in [0.4, 0.5) is 11.4 Å². The third-order valence-electron chi connectivity index (χ3n) is 4.28. The third-order valence-corrected chi connectivity index (χ3v) is 5.66. The van der Waals surface area contributed by atoms with E-state index in [4.69, 9.17) is 0 Å². The van der Waals surface area contributed by atoms with E-state index >= 15 is 0 Å². The summed E-state index contributed by atoms with van der Waals surface area (Å²) in [7, 11) is -3.84. The van der Waals surface area contributed by atoms with E-state index < -0.39 is 15.7 Å². The fraction of sp³-hybridized carbons (Fsp3) is 0.176. The third kappa shape index (κ3) is 2.97. The monoisotopic (exact) mass is 372 g/mol. The smallest absolute Gasteiger partial charge is 0.312 e. The molecule has 1 saturated heterocycles. The molecule has 0 bridgehead atoms. The van der Waals surface area contributed by atoms with Crippen LogP contribution in [0.25, 0.3) is 11.0 Å². The quantitative estimate of drug-likeness (QED) is 0.647. The maximum atomic E-state index is 12.7.